The van der Waals surface area contributed by atoms with Gasteiger partial charge in [0.25, 0.3) is 5.91 Å². The molecule has 1 aromatic carbocycles. The SMILES string of the molecule is Cc1ccc(F)c(NC(=O)c2cnn(C(C)(C)C)c2C(F)(F)F)c1. The molecule has 1 heterocycles. The molecule has 2 aromatic rings. The van der Waals surface area contributed by atoms with Crippen LogP contribution in [0.25, 0.3) is 0 Å². The van der Waals surface area contributed by atoms with Crippen LogP contribution in [0.15, 0.2) is 24.4 Å². The van der Waals surface area contributed by atoms with Crippen LogP contribution < -0.4 is 5.32 Å². The van der Waals surface area contributed by atoms with Gasteiger partial charge in [-0.15, -0.1) is 0 Å². The minimum Gasteiger partial charge on any atom is -0.319 e. The van der Waals surface area contributed by atoms with Gasteiger partial charge >= 0.3 is 6.18 Å². The van der Waals surface area contributed by atoms with Crippen molar-refractivity contribution in [3.8, 4) is 0 Å². The first kappa shape index (κ1) is 18.0. The maximum absolute atomic E-state index is 13.7. The highest BCUT2D eigenvalue weighted by molar-refractivity contribution is 6.05. The number of carbonyl (C=O) groups excluding carboxylic acids is 1. The summed E-state index contributed by atoms with van der Waals surface area (Å²) in [6.45, 7) is 6.29. The number of halogens is 4. The molecule has 0 aliphatic heterocycles. The van der Waals surface area contributed by atoms with Gasteiger partial charge in [-0.05, 0) is 45.4 Å². The molecule has 0 unspecified atom stereocenters. The number of nitrogens with one attached hydrogen (secondary N) is 1. The number of aryl methyl sites for hydroxylation is 1. The highest BCUT2D eigenvalue weighted by atomic mass is 19.4. The van der Waals surface area contributed by atoms with E-state index in [9.17, 15) is 22.4 Å². The summed E-state index contributed by atoms with van der Waals surface area (Å²) in [4.78, 5) is 12.3. The van der Waals surface area contributed by atoms with Crippen LogP contribution in [-0.4, -0.2) is 15.7 Å². The zero-order chi connectivity index (χ0) is 18.3. The van der Waals surface area contributed by atoms with Crippen LogP contribution in [0, 0.1) is 12.7 Å². The molecule has 1 aromatic heterocycles. The fourth-order valence-electron chi connectivity index (χ4n) is 2.22. The summed E-state index contributed by atoms with van der Waals surface area (Å²) in [5.74, 6) is -1.80. The van der Waals surface area contributed by atoms with E-state index in [1.807, 2.05) is 0 Å². The Hall–Kier alpha value is -2.38. The van der Waals surface area contributed by atoms with Crippen LogP contribution >= 0.6 is 0 Å². The van der Waals surface area contributed by atoms with E-state index in [1.165, 1.54) is 32.9 Å². The second kappa shape index (κ2) is 5.92. The molecule has 0 bridgehead atoms. The number of amides is 1. The van der Waals surface area contributed by atoms with Crippen molar-refractivity contribution >= 4 is 11.6 Å². The predicted molar refractivity (Wildman–Crippen MR) is 81.3 cm³/mol. The van der Waals surface area contributed by atoms with Gasteiger partial charge in [0, 0.05) is 0 Å². The first-order valence-corrected chi connectivity index (χ1v) is 7.14. The van der Waals surface area contributed by atoms with Crippen molar-refractivity contribution in [2.24, 2.45) is 0 Å². The largest absolute Gasteiger partial charge is 0.433 e. The highest BCUT2D eigenvalue weighted by Crippen LogP contribution is 2.35. The Morgan fingerprint density at radius 3 is 2.38 bits per heavy atom. The minimum atomic E-state index is -4.78. The molecule has 4 nitrogen and oxygen atoms in total. The number of benzene rings is 1. The average molecular weight is 343 g/mol. The van der Waals surface area contributed by atoms with Crippen LogP contribution in [-0.2, 0) is 11.7 Å². The molecule has 130 valence electrons. The third-order valence-corrected chi connectivity index (χ3v) is 3.29. The Balaban J connectivity index is 2.47. The van der Waals surface area contributed by atoms with Crippen LogP contribution in [0.4, 0.5) is 23.2 Å². The topological polar surface area (TPSA) is 46.9 Å². The third-order valence-electron chi connectivity index (χ3n) is 3.29. The van der Waals surface area contributed by atoms with Crippen molar-refractivity contribution in [3.05, 3.63) is 47.0 Å². The molecular weight excluding hydrogens is 326 g/mol. The molecule has 0 atom stereocenters. The molecule has 1 amide bonds. The van der Waals surface area contributed by atoms with E-state index >= 15 is 0 Å². The maximum atomic E-state index is 13.7. The number of nitrogens with zero attached hydrogens (tertiary/aromatic N) is 2. The number of carbonyl (C=O) groups is 1. The van der Waals surface area contributed by atoms with E-state index in [4.69, 9.17) is 0 Å². The van der Waals surface area contributed by atoms with E-state index in [2.05, 4.69) is 10.4 Å². The van der Waals surface area contributed by atoms with Crippen molar-refractivity contribution in [1.82, 2.24) is 9.78 Å². The number of hydrogen-bond donors (Lipinski definition) is 1. The summed E-state index contributed by atoms with van der Waals surface area (Å²) in [5.41, 5.74) is -2.32. The zero-order valence-corrected chi connectivity index (χ0v) is 13.6. The molecule has 0 saturated carbocycles. The number of hydrogen-bond acceptors (Lipinski definition) is 2. The van der Waals surface area contributed by atoms with Crippen LogP contribution in [0.5, 0.6) is 0 Å². The lowest BCUT2D eigenvalue weighted by Gasteiger charge is -2.23. The lowest BCUT2D eigenvalue weighted by Crippen LogP contribution is -2.30. The van der Waals surface area contributed by atoms with Gasteiger partial charge in [0.1, 0.15) is 5.82 Å². The fourth-order valence-corrected chi connectivity index (χ4v) is 2.22. The summed E-state index contributed by atoms with van der Waals surface area (Å²) < 4.78 is 54.7. The monoisotopic (exact) mass is 343 g/mol. The second-order valence-corrected chi connectivity index (χ2v) is 6.42. The Morgan fingerprint density at radius 2 is 1.83 bits per heavy atom. The summed E-state index contributed by atoms with van der Waals surface area (Å²) >= 11 is 0. The summed E-state index contributed by atoms with van der Waals surface area (Å²) in [5, 5.41) is 5.88. The quantitative estimate of drug-likeness (QED) is 0.824. The third kappa shape index (κ3) is 3.58. The van der Waals surface area contributed by atoms with E-state index in [-0.39, 0.29) is 5.69 Å². The lowest BCUT2D eigenvalue weighted by molar-refractivity contribution is -0.146. The molecule has 8 heteroatoms. The summed E-state index contributed by atoms with van der Waals surface area (Å²) in [6, 6.07) is 3.96. The molecular formula is C16H17F4N3O. The minimum absolute atomic E-state index is 0.184. The normalized spacial score (nSPS) is 12.3. The maximum Gasteiger partial charge on any atom is 0.433 e. The molecule has 0 radical (unpaired) electrons. The van der Waals surface area contributed by atoms with Gasteiger partial charge in [-0.25, -0.2) is 4.39 Å². The van der Waals surface area contributed by atoms with Crippen molar-refractivity contribution in [1.29, 1.82) is 0 Å². The van der Waals surface area contributed by atoms with Crippen LogP contribution in [0.3, 0.4) is 0 Å². The lowest BCUT2D eigenvalue weighted by atomic mass is 10.1. The first-order valence-electron chi connectivity index (χ1n) is 7.14. The van der Waals surface area contributed by atoms with E-state index < -0.39 is 34.7 Å². The summed E-state index contributed by atoms with van der Waals surface area (Å²) in [6.07, 6.45) is -3.93. The van der Waals surface area contributed by atoms with Crippen LogP contribution in [0.2, 0.25) is 0 Å². The molecule has 0 saturated heterocycles. The average Bonchev–Trinajstić information content (AvgIpc) is 2.87. The van der Waals surface area contributed by atoms with Crippen molar-refractivity contribution in [3.63, 3.8) is 0 Å². The van der Waals surface area contributed by atoms with E-state index in [1.54, 1.807) is 6.92 Å². The molecule has 24 heavy (non-hydrogen) atoms. The Labute approximate surface area is 136 Å². The molecule has 1 N–H and O–H groups in total. The van der Waals surface area contributed by atoms with Crippen LogP contribution in [0.1, 0.15) is 42.4 Å². The second-order valence-electron chi connectivity index (χ2n) is 6.42. The van der Waals surface area contributed by atoms with Gasteiger partial charge in [0.15, 0.2) is 5.69 Å². The predicted octanol–water partition coefficient (Wildman–Crippen LogP) is 4.36. The fraction of sp³-hybridized carbons (Fsp3) is 0.375. The molecule has 2 rings (SSSR count). The molecule has 0 aliphatic rings. The number of rotatable bonds is 2. The number of anilines is 1. The van der Waals surface area contributed by atoms with Gasteiger partial charge in [-0.3, -0.25) is 9.48 Å². The zero-order valence-electron chi connectivity index (χ0n) is 13.6. The highest BCUT2D eigenvalue weighted by Gasteiger charge is 2.42. The van der Waals surface area contributed by atoms with E-state index in [0.29, 0.717) is 5.56 Å². The molecule has 0 aliphatic carbocycles. The Morgan fingerprint density at radius 1 is 1.21 bits per heavy atom. The van der Waals surface area contributed by atoms with Gasteiger partial charge in [-0.2, -0.15) is 18.3 Å². The number of alkyl halides is 3. The van der Waals surface area contributed by atoms with Gasteiger partial charge in [0.2, 0.25) is 0 Å². The van der Waals surface area contributed by atoms with Crippen molar-refractivity contribution in [2.75, 3.05) is 5.32 Å². The van der Waals surface area contributed by atoms with Gasteiger partial charge in [0.05, 0.1) is 23.0 Å². The Kier molecular flexibility index (Phi) is 4.43. The Bertz CT molecular complexity index is 773. The molecule has 0 spiro atoms. The van der Waals surface area contributed by atoms with Crippen molar-refractivity contribution in [2.45, 2.75) is 39.4 Å². The number of aromatic nitrogens is 2. The standard InChI is InChI=1S/C16H17F4N3O/c1-9-5-6-11(17)12(7-9)22-14(24)10-8-21-23(15(2,3)4)13(10)16(18,19)20/h5-8H,1-4H3,(H,22,24). The van der Waals surface area contributed by atoms with Gasteiger partial charge < -0.3 is 5.32 Å². The van der Waals surface area contributed by atoms with Gasteiger partial charge in [-0.1, -0.05) is 6.07 Å². The van der Waals surface area contributed by atoms with Crippen molar-refractivity contribution < 1.29 is 22.4 Å². The molecule has 0 fully saturated rings. The van der Waals surface area contributed by atoms with E-state index in [0.717, 1.165) is 16.9 Å². The first-order chi connectivity index (χ1) is 10.9. The summed E-state index contributed by atoms with van der Waals surface area (Å²) in [7, 11) is 0. The smallest absolute Gasteiger partial charge is 0.319 e.